The Morgan fingerprint density at radius 3 is 2.84 bits per heavy atom. The van der Waals surface area contributed by atoms with Crippen LogP contribution in [0.4, 0.5) is 0 Å². The zero-order valence-corrected chi connectivity index (χ0v) is 15.4. The average molecular weight is 358 g/mol. The average Bonchev–Trinajstić information content (AvgIpc) is 3.34. The highest BCUT2D eigenvalue weighted by atomic mass is 32.1. The Hall–Kier alpha value is -2.15. The molecule has 4 rings (SSSR count). The second kappa shape index (κ2) is 5.98. The van der Waals surface area contributed by atoms with Crippen LogP contribution in [0.1, 0.15) is 34.0 Å². The van der Waals surface area contributed by atoms with E-state index in [0.717, 1.165) is 30.1 Å². The summed E-state index contributed by atoms with van der Waals surface area (Å²) in [6.45, 7) is 4.49. The van der Waals surface area contributed by atoms with Crippen LogP contribution in [0.25, 0.3) is 0 Å². The van der Waals surface area contributed by atoms with Gasteiger partial charge in [-0.1, -0.05) is 0 Å². The number of carbonyl (C=O) groups is 2. The lowest BCUT2D eigenvalue weighted by atomic mass is 9.85. The number of rotatable bonds is 3. The molecule has 2 aliphatic rings. The van der Waals surface area contributed by atoms with Crippen LogP contribution in [0.2, 0.25) is 0 Å². The second-order valence-corrected chi connectivity index (χ2v) is 8.16. The van der Waals surface area contributed by atoms with Crippen molar-refractivity contribution in [3.8, 4) is 0 Å². The van der Waals surface area contributed by atoms with Crippen molar-refractivity contribution in [3.63, 3.8) is 0 Å². The molecule has 2 aromatic heterocycles. The molecule has 0 radical (unpaired) electrons. The lowest BCUT2D eigenvalue weighted by Crippen LogP contribution is -2.38. The first-order valence-electron chi connectivity index (χ1n) is 8.59. The van der Waals surface area contributed by atoms with Crippen molar-refractivity contribution in [2.24, 2.45) is 12.5 Å². The first-order valence-corrected chi connectivity index (χ1v) is 9.47. The summed E-state index contributed by atoms with van der Waals surface area (Å²) in [5.74, 6) is 0.200. The maximum Gasteiger partial charge on any atom is 0.270 e. The van der Waals surface area contributed by atoms with Gasteiger partial charge in [0.25, 0.3) is 5.91 Å². The molecule has 2 aliphatic heterocycles. The molecule has 4 heterocycles. The number of carbonyl (C=O) groups excluding carboxylic acids is 2. The number of amides is 2. The molecule has 0 aliphatic carbocycles. The Bertz CT molecular complexity index is 827. The molecule has 0 aromatic carbocycles. The summed E-state index contributed by atoms with van der Waals surface area (Å²) < 4.78 is 1.83. The van der Waals surface area contributed by atoms with Crippen molar-refractivity contribution in [3.05, 3.63) is 40.1 Å². The Balaban J connectivity index is 1.46. The molecule has 2 fully saturated rings. The molecule has 132 valence electrons. The Labute approximate surface area is 151 Å². The predicted molar refractivity (Wildman–Crippen MR) is 95.3 cm³/mol. The van der Waals surface area contributed by atoms with Gasteiger partial charge in [0.15, 0.2) is 0 Å². The fourth-order valence-electron chi connectivity index (χ4n) is 3.99. The van der Waals surface area contributed by atoms with Crippen LogP contribution in [0.5, 0.6) is 0 Å². The largest absolute Gasteiger partial charge is 0.347 e. The molecule has 2 aromatic rings. The minimum atomic E-state index is -0.397. The summed E-state index contributed by atoms with van der Waals surface area (Å²) >= 11 is 1.61. The van der Waals surface area contributed by atoms with Gasteiger partial charge in [-0.25, -0.2) is 4.98 Å². The number of likely N-dealkylation sites (tertiary alicyclic amines) is 2. The van der Waals surface area contributed by atoms with Gasteiger partial charge in [-0.2, -0.15) is 0 Å². The molecule has 2 amide bonds. The molecular formula is C18H22N4O2S. The van der Waals surface area contributed by atoms with Crippen LogP contribution in [-0.2, 0) is 18.4 Å². The number of thiazole rings is 1. The summed E-state index contributed by atoms with van der Waals surface area (Å²) in [6, 6.07) is 3.71. The summed E-state index contributed by atoms with van der Waals surface area (Å²) in [4.78, 5) is 34.0. The predicted octanol–water partition coefficient (Wildman–Crippen LogP) is 2.05. The fourth-order valence-corrected chi connectivity index (χ4v) is 4.59. The third kappa shape index (κ3) is 2.76. The summed E-state index contributed by atoms with van der Waals surface area (Å²) in [7, 11) is 1.87. The van der Waals surface area contributed by atoms with Crippen LogP contribution in [0.3, 0.4) is 0 Å². The smallest absolute Gasteiger partial charge is 0.270 e. The quantitative estimate of drug-likeness (QED) is 0.844. The van der Waals surface area contributed by atoms with E-state index in [0.29, 0.717) is 25.3 Å². The van der Waals surface area contributed by atoms with Crippen molar-refractivity contribution < 1.29 is 9.59 Å². The number of aryl methyl sites for hydroxylation is 2. The van der Waals surface area contributed by atoms with Crippen LogP contribution in [-0.4, -0.2) is 50.8 Å². The van der Waals surface area contributed by atoms with Crippen molar-refractivity contribution in [1.29, 1.82) is 0 Å². The first-order chi connectivity index (χ1) is 12.0. The third-order valence-corrected chi connectivity index (χ3v) is 6.25. The normalized spacial score (nSPS) is 23.2. The van der Waals surface area contributed by atoms with E-state index in [9.17, 15) is 9.59 Å². The number of nitrogens with zero attached hydrogens (tertiary/aromatic N) is 4. The van der Waals surface area contributed by atoms with Crippen LogP contribution < -0.4 is 0 Å². The maximum absolute atomic E-state index is 13.0. The van der Waals surface area contributed by atoms with E-state index < -0.39 is 5.41 Å². The minimum Gasteiger partial charge on any atom is -0.347 e. The molecule has 0 bridgehead atoms. The monoisotopic (exact) mass is 358 g/mol. The molecule has 1 spiro atoms. The van der Waals surface area contributed by atoms with Crippen molar-refractivity contribution in [1.82, 2.24) is 19.4 Å². The highest BCUT2D eigenvalue weighted by Gasteiger charge is 2.51. The van der Waals surface area contributed by atoms with Crippen LogP contribution in [0, 0.1) is 12.3 Å². The minimum absolute atomic E-state index is 0.0192. The first kappa shape index (κ1) is 16.3. The van der Waals surface area contributed by atoms with E-state index in [1.165, 1.54) is 0 Å². The highest BCUT2D eigenvalue weighted by Crippen LogP contribution is 2.41. The number of aromatic nitrogens is 2. The summed E-state index contributed by atoms with van der Waals surface area (Å²) in [6.07, 6.45) is 3.46. The van der Waals surface area contributed by atoms with Gasteiger partial charge in [0, 0.05) is 38.3 Å². The molecular weight excluding hydrogens is 336 g/mol. The Morgan fingerprint density at radius 1 is 1.36 bits per heavy atom. The van der Waals surface area contributed by atoms with E-state index in [1.54, 1.807) is 11.3 Å². The zero-order chi connectivity index (χ0) is 17.6. The van der Waals surface area contributed by atoms with Gasteiger partial charge < -0.3 is 14.4 Å². The zero-order valence-electron chi connectivity index (χ0n) is 14.6. The lowest BCUT2D eigenvalue weighted by molar-refractivity contribution is -0.135. The van der Waals surface area contributed by atoms with E-state index in [-0.39, 0.29) is 11.8 Å². The molecule has 0 unspecified atom stereocenters. The van der Waals surface area contributed by atoms with Gasteiger partial charge in [-0.15, -0.1) is 11.3 Å². The molecule has 0 N–H and O–H groups in total. The van der Waals surface area contributed by atoms with Gasteiger partial charge in [0.1, 0.15) is 5.69 Å². The topological polar surface area (TPSA) is 58.4 Å². The van der Waals surface area contributed by atoms with E-state index in [4.69, 9.17) is 0 Å². The molecule has 25 heavy (non-hydrogen) atoms. The van der Waals surface area contributed by atoms with Crippen LogP contribution in [0.15, 0.2) is 23.7 Å². The van der Waals surface area contributed by atoms with E-state index in [2.05, 4.69) is 4.98 Å². The van der Waals surface area contributed by atoms with Crippen molar-refractivity contribution in [2.75, 3.05) is 19.6 Å². The van der Waals surface area contributed by atoms with Gasteiger partial charge in [-0.05, 0) is 31.9 Å². The van der Waals surface area contributed by atoms with E-state index >= 15 is 0 Å². The molecule has 7 heteroatoms. The SMILES string of the molecule is Cc1nc(CN2CC[C@@]3(CCN(C(=O)c4cccn4C)C3)C2=O)cs1. The summed E-state index contributed by atoms with van der Waals surface area (Å²) in [5, 5.41) is 3.05. The van der Waals surface area contributed by atoms with E-state index in [1.807, 2.05) is 52.0 Å². The maximum atomic E-state index is 13.0. The van der Waals surface area contributed by atoms with Gasteiger partial charge in [0.05, 0.1) is 22.7 Å². The van der Waals surface area contributed by atoms with Gasteiger partial charge in [-0.3, -0.25) is 9.59 Å². The van der Waals surface area contributed by atoms with Crippen LogP contribution >= 0.6 is 11.3 Å². The highest BCUT2D eigenvalue weighted by molar-refractivity contribution is 7.09. The van der Waals surface area contributed by atoms with Gasteiger partial charge >= 0.3 is 0 Å². The summed E-state index contributed by atoms with van der Waals surface area (Å²) in [5.41, 5.74) is 1.24. The van der Waals surface area contributed by atoms with Crippen molar-refractivity contribution in [2.45, 2.75) is 26.3 Å². The van der Waals surface area contributed by atoms with Crippen molar-refractivity contribution >= 4 is 23.2 Å². The Morgan fingerprint density at radius 2 is 2.16 bits per heavy atom. The standard InChI is InChI=1S/C18H22N4O2S/c1-13-19-14(11-25-13)10-21-8-5-18(17(21)24)6-9-22(12-18)16(23)15-4-3-7-20(15)2/h3-4,7,11H,5-6,8-10,12H2,1-2H3/t18-/m0/s1. The molecule has 6 nitrogen and oxygen atoms in total. The molecule has 2 saturated heterocycles. The number of hydrogen-bond donors (Lipinski definition) is 0. The fraction of sp³-hybridized carbons (Fsp3) is 0.500. The van der Waals surface area contributed by atoms with Gasteiger partial charge in [0.2, 0.25) is 5.91 Å². The second-order valence-electron chi connectivity index (χ2n) is 7.10. The third-order valence-electron chi connectivity index (χ3n) is 5.42. The molecule has 0 saturated carbocycles. The lowest BCUT2D eigenvalue weighted by Gasteiger charge is -2.23. The molecule has 1 atom stereocenters. The Kier molecular flexibility index (Phi) is 3.91. The number of hydrogen-bond acceptors (Lipinski definition) is 4.